The van der Waals surface area contributed by atoms with Gasteiger partial charge in [-0.25, -0.2) is 9.59 Å². The van der Waals surface area contributed by atoms with E-state index in [1.54, 1.807) is 6.07 Å². The van der Waals surface area contributed by atoms with Crippen molar-refractivity contribution in [1.29, 1.82) is 0 Å². The molecule has 0 aliphatic rings. The van der Waals surface area contributed by atoms with E-state index in [1.807, 2.05) is 6.92 Å². The molecule has 96 valence electrons. The van der Waals surface area contributed by atoms with E-state index in [2.05, 4.69) is 4.98 Å². The number of hydrogen-bond donors (Lipinski definition) is 2. The molecule has 6 heteroatoms. The van der Waals surface area contributed by atoms with Crippen LogP contribution < -0.4 is 5.69 Å². The summed E-state index contributed by atoms with van der Waals surface area (Å²) in [5.74, 6) is -1.01. The molecule has 0 aliphatic heterocycles. The van der Waals surface area contributed by atoms with E-state index < -0.39 is 5.97 Å². The monoisotopic (exact) mass is 250 g/mol. The third-order valence-corrected chi connectivity index (χ3v) is 2.69. The lowest BCUT2D eigenvalue weighted by molar-refractivity contribution is 0.0697. The lowest BCUT2D eigenvalue weighted by Gasteiger charge is -2.03. The molecule has 0 unspecified atom stereocenters. The normalized spacial score (nSPS) is 10.9. The Kier molecular flexibility index (Phi) is 3.47. The van der Waals surface area contributed by atoms with Gasteiger partial charge in [0.25, 0.3) is 0 Å². The van der Waals surface area contributed by atoms with Gasteiger partial charge in [0.1, 0.15) is 0 Å². The first-order valence-electron chi connectivity index (χ1n) is 5.67. The minimum absolute atomic E-state index is 0.159. The number of fused-ring (bicyclic) bond motifs is 1. The van der Waals surface area contributed by atoms with Gasteiger partial charge in [-0.2, -0.15) is 0 Å². The summed E-state index contributed by atoms with van der Waals surface area (Å²) in [4.78, 5) is 25.3. The summed E-state index contributed by atoms with van der Waals surface area (Å²) in [6.07, 6.45) is 0. The van der Waals surface area contributed by atoms with Crippen LogP contribution in [0.4, 0.5) is 0 Å². The summed E-state index contributed by atoms with van der Waals surface area (Å²) in [5, 5.41) is 8.93. The zero-order chi connectivity index (χ0) is 13.1. The van der Waals surface area contributed by atoms with Crippen molar-refractivity contribution in [3.63, 3.8) is 0 Å². The molecule has 2 N–H and O–H groups in total. The summed E-state index contributed by atoms with van der Waals surface area (Å²) in [6.45, 7) is 3.27. The van der Waals surface area contributed by atoms with E-state index in [0.717, 1.165) is 0 Å². The Morgan fingerprint density at radius 3 is 2.94 bits per heavy atom. The Morgan fingerprint density at radius 1 is 1.50 bits per heavy atom. The smallest absolute Gasteiger partial charge is 0.335 e. The third-order valence-electron chi connectivity index (χ3n) is 2.69. The van der Waals surface area contributed by atoms with Crippen LogP contribution in [-0.2, 0) is 11.3 Å². The fourth-order valence-corrected chi connectivity index (χ4v) is 1.81. The van der Waals surface area contributed by atoms with Gasteiger partial charge in [-0.1, -0.05) is 0 Å². The molecule has 1 aromatic heterocycles. The van der Waals surface area contributed by atoms with Gasteiger partial charge in [0.05, 0.1) is 29.7 Å². The van der Waals surface area contributed by atoms with Crippen LogP contribution in [0.15, 0.2) is 23.0 Å². The standard InChI is InChI=1S/C12H14N2O4/c1-2-18-6-5-14-10-7-8(11(15)16)3-4-9(10)13-12(14)17/h3-4,7H,2,5-6H2,1H3,(H,13,17)(H,15,16). The molecular formula is C12H14N2O4. The van der Waals surface area contributed by atoms with Crippen LogP contribution >= 0.6 is 0 Å². The molecule has 0 spiro atoms. The maximum Gasteiger partial charge on any atom is 0.335 e. The lowest BCUT2D eigenvalue weighted by atomic mass is 10.2. The van der Waals surface area contributed by atoms with Crippen molar-refractivity contribution in [3.8, 4) is 0 Å². The number of rotatable bonds is 5. The van der Waals surface area contributed by atoms with E-state index in [0.29, 0.717) is 30.8 Å². The van der Waals surface area contributed by atoms with Crippen LogP contribution in [0.2, 0.25) is 0 Å². The topological polar surface area (TPSA) is 84.3 Å². The van der Waals surface area contributed by atoms with Crippen molar-refractivity contribution in [2.24, 2.45) is 0 Å². The minimum atomic E-state index is -1.01. The highest BCUT2D eigenvalue weighted by Crippen LogP contribution is 2.13. The number of imidazole rings is 1. The number of carboxylic acid groups (broad SMARTS) is 1. The van der Waals surface area contributed by atoms with Crippen molar-refractivity contribution in [1.82, 2.24) is 9.55 Å². The van der Waals surface area contributed by atoms with Crippen molar-refractivity contribution in [2.45, 2.75) is 13.5 Å². The van der Waals surface area contributed by atoms with Crippen LogP contribution in [0.5, 0.6) is 0 Å². The minimum Gasteiger partial charge on any atom is -0.478 e. The van der Waals surface area contributed by atoms with E-state index in [1.165, 1.54) is 16.7 Å². The number of aromatic nitrogens is 2. The SMILES string of the molecule is CCOCCn1c(=O)[nH]c2ccc(C(=O)O)cc21. The number of H-pyrrole nitrogens is 1. The number of nitrogens with one attached hydrogen (secondary N) is 1. The maximum absolute atomic E-state index is 11.7. The summed E-state index contributed by atoms with van der Waals surface area (Å²) in [7, 11) is 0. The zero-order valence-corrected chi connectivity index (χ0v) is 9.97. The third kappa shape index (κ3) is 2.28. The average Bonchev–Trinajstić information content (AvgIpc) is 2.65. The Morgan fingerprint density at radius 2 is 2.28 bits per heavy atom. The van der Waals surface area contributed by atoms with Crippen LogP contribution in [-0.4, -0.2) is 33.8 Å². The highest BCUT2D eigenvalue weighted by Gasteiger charge is 2.10. The first-order valence-corrected chi connectivity index (χ1v) is 5.67. The molecule has 0 saturated heterocycles. The second-order valence-electron chi connectivity index (χ2n) is 3.82. The van der Waals surface area contributed by atoms with Crippen LogP contribution in [0, 0.1) is 0 Å². The molecule has 0 saturated carbocycles. The van der Waals surface area contributed by atoms with E-state index >= 15 is 0 Å². The predicted octanol–water partition coefficient (Wildman–Crippen LogP) is 1.06. The van der Waals surface area contributed by atoms with Gasteiger partial charge >= 0.3 is 11.7 Å². The van der Waals surface area contributed by atoms with Gasteiger partial charge in [0.15, 0.2) is 0 Å². The number of aromatic amines is 1. The molecule has 0 fully saturated rings. The summed E-state index contributed by atoms with van der Waals surface area (Å²) in [5.41, 5.74) is 1.11. The Labute approximate surface area is 103 Å². The summed E-state index contributed by atoms with van der Waals surface area (Å²) >= 11 is 0. The highest BCUT2D eigenvalue weighted by molar-refractivity contribution is 5.92. The Balaban J connectivity index is 2.43. The molecule has 0 atom stereocenters. The number of carbonyl (C=O) groups is 1. The van der Waals surface area contributed by atoms with Gasteiger partial charge in [0, 0.05) is 6.61 Å². The molecule has 2 aromatic rings. The number of aromatic carboxylic acids is 1. The molecule has 0 aliphatic carbocycles. The summed E-state index contributed by atoms with van der Waals surface area (Å²) < 4.78 is 6.68. The van der Waals surface area contributed by atoms with E-state index in [9.17, 15) is 9.59 Å². The average molecular weight is 250 g/mol. The van der Waals surface area contributed by atoms with Crippen molar-refractivity contribution in [2.75, 3.05) is 13.2 Å². The van der Waals surface area contributed by atoms with Crippen molar-refractivity contribution >= 4 is 17.0 Å². The number of hydrogen-bond acceptors (Lipinski definition) is 3. The number of ether oxygens (including phenoxy) is 1. The molecule has 1 heterocycles. The highest BCUT2D eigenvalue weighted by atomic mass is 16.5. The summed E-state index contributed by atoms with van der Waals surface area (Å²) in [6, 6.07) is 4.55. The van der Waals surface area contributed by atoms with Crippen LogP contribution in [0.3, 0.4) is 0 Å². The van der Waals surface area contributed by atoms with Gasteiger partial charge < -0.3 is 14.8 Å². The van der Waals surface area contributed by atoms with Gasteiger partial charge in [0.2, 0.25) is 0 Å². The predicted molar refractivity (Wildman–Crippen MR) is 66.0 cm³/mol. The van der Waals surface area contributed by atoms with Gasteiger partial charge in [-0.3, -0.25) is 4.57 Å². The number of benzene rings is 1. The Bertz CT molecular complexity index is 627. The first-order chi connectivity index (χ1) is 8.63. The number of nitrogens with zero attached hydrogens (tertiary/aromatic N) is 1. The maximum atomic E-state index is 11.7. The molecule has 0 bridgehead atoms. The van der Waals surface area contributed by atoms with E-state index in [4.69, 9.17) is 9.84 Å². The molecule has 0 radical (unpaired) electrons. The van der Waals surface area contributed by atoms with Crippen LogP contribution in [0.1, 0.15) is 17.3 Å². The Hall–Kier alpha value is -2.08. The molecule has 2 rings (SSSR count). The largest absolute Gasteiger partial charge is 0.478 e. The van der Waals surface area contributed by atoms with Gasteiger partial charge in [-0.15, -0.1) is 0 Å². The quantitative estimate of drug-likeness (QED) is 0.777. The molecular weight excluding hydrogens is 236 g/mol. The fourth-order valence-electron chi connectivity index (χ4n) is 1.81. The molecule has 18 heavy (non-hydrogen) atoms. The lowest BCUT2D eigenvalue weighted by Crippen LogP contribution is -2.19. The molecule has 0 amide bonds. The van der Waals surface area contributed by atoms with Crippen molar-refractivity contribution < 1.29 is 14.6 Å². The molecule has 1 aromatic carbocycles. The first kappa shape index (κ1) is 12.4. The number of carboxylic acids is 1. The second kappa shape index (κ2) is 5.05. The second-order valence-corrected chi connectivity index (χ2v) is 3.82. The zero-order valence-electron chi connectivity index (χ0n) is 9.97. The van der Waals surface area contributed by atoms with Crippen molar-refractivity contribution in [3.05, 3.63) is 34.2 Å². The van der Waals surface area contributed by atoms with Crippen LogP contribution in [0.25, 0.3) is 11.0 Å². The molecule has 6 nitrogen and oxygen atoms in total. The van der Waals surface area contributed by atoms with E-state index in [-0.39, 0.29) is 11.3 Å². The van der Waals surface area contributed by atoms with Gasteiger partial charge in [-0.05, 0) is 25.1 Å². The fraction of sp³-hybridized carbons (Fsp3) is 0.333.